The van der Waals surface area contributed by atoms with Crippen LogP contribution in [0, 0.1) is 0 Å². The molecule has 0 saturated heterocycles. The van der Waals surface area contributed by atoms with Crippen LogP contribution in [-0.4, -0.2) is 4.57 Å². The van der Waals surface area contributed by atoms with Crippen LogP contribution in [0.4, 0.5) is 0 Å². The maximum Gasteiger partial charge on any atom is 0.260 e. The number of unbranched alkanes of at least 4 members (excludes halogenated alkanes) is 32. The highest BCUT2D eigenvalue weighted by atomic mass is 15.1. The molecule has 1 heterocycles. The van der Waals surface area contributed by atoms with Gasteiger partial charge in [-0.25, -0.2) is 9.13 Å². The largest absolute Gasteiger partial charge is 0.260 e. The molecule has 1 aromatic heterocycles. The summed E-state index contributed by atoms with van der Waals surface area (Å²) in [5.41, 5.74) is 1.44. The van der Waals surface area contributed by atoms with Gasteiger partial charge in [0.2, 0.25) is 0 Å². The maximum atomic E-state index is 2.58. The van der Waals surface area contributed by atoms with Gasteiger partial charge in [-0.05, 0) is 31.2 Å². The Bertz CT molecular complexity index is 891. The van der Waals surface area contributed by atoms with Crippen LogP contribution in [-0.2, 0) is 19.5 Å². The Balaban J connectivity index is 1.50. The number of nitrogens with zero attached hydrogens (tertiary/aromatic N) is 2. The maximum absolute atomic E-state index is 2.58. The molecule has 2 nitrogen and oxygen atoms in total. The number of imidazole rings is 1. The number of aryl methyl sites for hydroxylation is 2. The van der Waals surface area contributed by atoms with E-state index in [0.717, 1.165) is 6.42 Å². The quantitative estimate of drug-likeness (QED) is 0.0489. The van der Waals surface area contributed by atoms with Crippen molar-refractivity contribution in [3.05, 3.63) is 54.1 Å². The fraction of sp³-hybridized carbons (Fsp3) is 0.812. The van der Waals surface area contributed by atoms with Crippen molar-refractivity contribution in [2.75, 3.05) is 0 Å². The molecule has 0 aliphatic rings. The molecule has 0 bridgehead atoms. The molecule has 0 saturated carbocycles. The van der Waals surface area contributed by atoms with Gasteiger partial charge >= 0.3 is 0 Å². The summed E-state index contributed by atoms with van der Waals surface area (Å²) in [4.78, 5) is 0. The van der Waals surface area contributed by atoms with Crippen LogP contribution in [0.2, 0.25) is 0 Å². The Kier molecular flexibility index (Phi) is 30.8. The molecule has 0 N–H and O–H groups in total. The third-order valence-corrected chi connectivity index (χ3v) is 11.3. The zero-order chi connectivity index (χ0) is 35.4. The molecule has 0 amide bonds. The lowest BCUT2D eigenvalue weighted by molar-refractivity contribution is -0.703. The molecule has 0 radical (unpaired) electrons. The van der Waals surface area contributed by atoms with Gasteiger partial charge in [0.15, 0.2) is 0 Å². The van der Waals surface area contributed by atoms with Gasteiger partial charge in [0.1, 0.15) is 12.4 Å². The van der Waals surface area contributed by atoms with E-state index in [-0.39, 0.29) is 0 Å². The van der Waals surface area contributed by atoms with Crippen molar-refractivity contribution < 1.29 is 4.57 Å². The first kappa shape index (κ1) is 44.6. The predicted octanol–water partition coefficient (Wildman–Crippen LogP) is 15.7. The molecule has 0 fully saturated rings. The summed E-state index contributed by atoms with van der Waals surface area (Å²) in [5, 5.41) is 0. The normalized spacial score (nSPS) is 11.6. The van der Waals surface area contributed by atoms with Crippen LogP contribution < -0.4 is 4.57 Å². The summed E-state index contributed by atoms with van der Waals surface area (Å²) in [5.74, 6) is 1.50. The molecule has 0 aliphatic carbocycles. The zero-order valence-electron chi connectivity index (χ0n) is 34.1. The van der Waals surface area contributed by atoms with E-state index in [1.807, 2.05) is 0 Å². The first-order valence-corrected chi connectivity index (χ1v) is 23.0. The number of aromatic nitrogens is 2. The van der Waals surface area contributed by atoms with Gasteiger partial charge in [0.25, 0.3) is 5.82 Å². The van der Waals surface area contributed by atoms with Crippen LogP contribution >= 0.6 is 0 Å². The standard InChI is InChI=1S/C48H87N2/c1-3-5-7-9-11-13-15-17-19-21-23-25-27-29-31-33-38-42-49-44-45-50(48(49)46-47-40-36-35-37-41-47)43-39-34-32-30-28-26-24-22-20-18-16-14-12-10-8-6-4-2/h35-37,40-41,44-45H,3-34,38-39,42-43,46H2,1-2H3/q+1. The topological polar surface area (TPSA) is 8.81 Å². The van der Waals surface area contributed by atoms with Crippen molar-refractivity contribution >= 4 is 0 Å². The summed E-state index contributed by atoms with van der Waals surface area (Å²) >= 11 is 0. The van der Waals surface area contributed by atoms with E-state index in [0.29, 0.717) is 0 Å². The van der Waals surface area contributed by atoms with Gasteiger partial charge in [-0.1, -0.05) is 237 Å². The molecule has 0 unspecified atom stereocenters. The second kappa shape index (κ2) is 34.5. The molecular formula is C48H87N2+. The summed E-state index contributed by atoms with van der Waals surface area (Å²) in [6.45, 7) is 6.97. The van der Waals surface area contributed by atoms with Crippen LogP contribution in [0.1, 0.15) is 244 Å². The first-order chi connectivity index (χ1) is 24.8. The van der Waals surface area contributed by atoms with Gasteiger partial charge in [0, 0.05) is 0 Å². The Hall–Kier alpha value is -1.57. The molecule has 50 heavy (non-hydrogen) atoms. The monoisotopic (exact) mass is 692 g/mol. The van der Waals surface area contributed by atoms with Gasteiger partial charge < -0.3 is 0 Å². The van der Waals surface area contributed by atoms with Crippen LogP contribution in [0.25, 0.3) is 0 Å². The molecule has 2 aromatic rings. The zero-order valence-corrected chi connectivity index (χ0v) is 34.1. The molecule has 2 rings (SSSR count). The smallest absolute Gasteiger partial charge is 0.234 e. The lowest BCUT2D eigenvalue weighted by atomic mass is 10.0. The number of benzene rings is 1. The minimum Gasteiger partial charge on any atom is -0.234 e. The molecular weight excluding hydrogens is 605 g/mol. The molecule has 0 atom stereocenters. The van der Waals surface area contributed by atoms with E-state index in [9.17, 15) is 0 Å². The van der Waals surface area contributed by atoms with E-state index in [2.05, 4.69) is 65.7 Å². The van der Waals surface area contributed by atoms with Crippen molar-refractivity contribution in [3.63, 3.8) is 0 Å². The van der Waals surface area contributed by atoms with Gasteiger partial charge in [-0.2, -0.15) is 0 Å². The van der Waals surface area contributed by atoms with E-state index in [4.69, 9.17) is 0 Å². The van der Waals surface area contributed by atoms with Crippen LogP contribution in [0.15, 0.2) is 42.7 Å². The minimum atomic E-state index is 1.05. The van der Waals surface area contributed by atoms with Crippen molar-refractivity contribution in [3.8, 4) is 0 Å². The Morgan fingerprint density at radius 1 is 0.400 bits per heavy atom. The average molecular weight is 692 g/mol. The summed E-state index contributed by atoms with van der Waals surface area (Å²) in [6.07, 6.45) is 54.6. The predicted molar refractivity (Wildman–Crippen MR) is 222 cm³/mol. The van der Waals surface area contributed by atoms with Crippen LogP contribution in [0.5, 0.6) is 0 Å². The van der Waals surface area contributed by atoms with E-state index in [1.54, 1.807) is 0 Å². The number of hydrogen-bond donors (Lipinski definition) is 0. The Morgan fingerprint density at radius 3 is 1.12 bits per heavy atom. The third kappa shape index (κ3) is 25.4. The molecule has 0 spiro atoms. The van der Waals surface area contributed by atoms with Gasteiger partial charge in [0.05, 0.1) is 19.5 Å². The van der Waals surface area contributed by atoms with Crippen molar-refractivity contribution in [1.29, 1.82) is 0 Å². The van der Waals surface area contributed by atoms with Crippen molar-refractivity contribution in [2.24, 2.45) is 0 Å². The number of rotatable bonds is 38. The van der Waals surface area contributed by atoms with Crippen molar-refractivity contribution in [2.45, 2.75) is 252 Å². The second-order valence-electron chi connectivity index (χ2n) is 16.1. The van der Waals surface area contributed by atoms with E-state index >= 15 is 0 Å². The minimum absolute atomic E-state index is 1.05. The van der Waals surface area contributed by atoms with Crippen molar-refractivity contribution in [1.82, 2.24) is 4.57 Å². The highest BCUT2D eigenvalue weighted by Crippen LogP contribution is 2.17. The third-order valence-electron chi connectivity index (χ3n) is 11.3. The van der Waals surface area contributed by atoms with E-state index < -0.39 is 0 Å². The fourth-order valence-electron chi connectivity index (χ4n) is 7.90. The lowest BCUT2D eigenvalue weighted by Crippen LogP contribution is -2.37. The molecule has 2 heteroatoms. The fourth-order valence-corrected chi connectivity index (χ4v) is 7.90. The molecule has 288 valence electrons. The van der Waals surface area contributed by atoms with Gasteiger partial charge in [-0.15, -0.1) is 0 Å². The SMILES string of the molecule is CCCCCCCCCCCCCCCCCCCn1cc[n+](CCCCCCCCCCCCCCCCCCC)c1Cc1ccccc1. The highest BCUT2D eigenvalue weighted by Gasteiger charge is 2.17. The lowest BCUT2D eigenvalue weighted by Gasteiger charge is -2.07. The Morgan fingerprint density at radius 2 is 0.740 bits per heavy atom. The summed E-state index contributed by atoms with van der Waals surface area (Å²) in [7, 11) is 0. The molecule has 1 aromatic carbocycles. The first-order valence-electron chi connectivity index (χ1n) is 23.0. The average Bonchev–Trinajstić information content (AvgIpc) is 3.51. The highest BCUT2D eigenvalue weighted by molar-refractivity contribution is 5.18. The van der Waals surface area contributed by atoms with E-state index in [1.165, 1.54) is 243 Å². The van der Waals surface area contributed by atoms with Crippen LogP contribution in [0.3, 0.4) is 0 Å². The second-order valence-corrected chi connectivity index (χ2v) is 16.1. The summed E-state index contributed by atoms with van der Waals surface area (Å²) < 4.78 is 5.15. The summed E-state index contributed by atoms with van der Waals surface area (Å²) in [6, 6.07) is 11.1. The van der Waals surface area contributed by atoms with Gasteiger partial charge in [-0.3, -0.25) is 0 Å². The number of hydrogen-bond acceptors (Lipinski definition) is 0. The Labute approximate surface area is 314 Å². The molecule has 0 aliphatic heterocycles.